The first-order valence-electron chi connectivity index (χ1n) is 7.50. The summed E-state index contributed by atoms with van der Waals surface area (Å²) in [5.74, 6) is 1.13. The van der Waals surface area contributed by atoms with E-state index in [0.29, 0.717) is 17.2 Å². The molecule has 0 aromatic heterocycles. The Morgan fingerprint density at radius 1 is 1.15 bits per heavy atom. The van der Waals surface area contributed by atoms with Gasteiger partial charge in [0, 0.05) is 12.1 Å². The van der Waals surface area contributed by atoms with E-state index in [1.807, 2.05) is 0 Å². The van der Waals surface area contributed by atoms with E-state index in [9.17, 15) is 4.39 Å². The van der Waals surface area contributed by atoms with Crippen LogP contribution >= 0.6 is 0 Å². The first-order chi connectivity index (χ1) is 9.40. The fourth-order valence-electron chi connectivity index (χ4n) is 3.11. The number of benzene rings is 1. The Bertz CT molecular complexity index is 445. The van der Waals surface area contributed by atoms with Crippen molar-refractivity contribution in [2.75, 3.05) is 12.4 Å². The molecule has 0 radical (unpaired) electrons. The summed E-state index contributed by atoms with van der Waals surface area (Å²) in [6.45, 7) is 6.98. The van der Waals surface area contributed by atoms with Crippen molar-refractivity contribution in [3.63, 3.8) is 0 Å². The van der Waals surface area contributed by atoms with Gasteiger partial charge in [0.15, 0.2) is 0 Å². The van der Waals surface area contributed by atoms with Crippen molar-refractivity contribution in [1.29, 1.82) is 0 Å². The first kappa shape index (κ1) is 15.1. The van der Waals surface area contributed by atoms with Gasteiger partial charge >= 0.3 is 0 Å². The molecule has 0 heterocycles. The van der Waals surface area contributed by atoms with Crippen molar-refractivity contribution in [2.45, 2.75) is 52.5 Å². The minimum Gasteiger partial charge on any atom is -0.494 e. The third kappa shape index (κ3) is 3.65. The number of hydrogen-bond acceptors (Lipinski definition) is 2. The normalized spacial score (nSPS) is 23.4. The molecule has 1 fully saturated rings. The van der Waals surface area contributed by atoms with Crippen LogP contribution in [0.25, 0.3) is 0 Å². The van der Waals surface area contributed by atoms with E-state index >= 15 is 0 Å². The molecule has 1 aliphatic rings. The molecule has 3 heteroatoms. The van der Waals surface area contributed by atoms with Crippen LogP contribution in [-0.4, -0.2) is 13.2 Å². The SMILES string of the molecule is COc1cc(F)ccc1NC1CCC(C(C)(C)C)CC1. The van der Waals surface area contributed by atoms with Crippen molar-refractivity contribution < 1.29 is 9.13 Å². The molecule has 112 valence electrons. The van der Waals surface area contributed by atoms with E-state index in [1.54, 1.807) is 13.2 Å². The second kappa shape index (κ2) is 6.02. The van der Waals surface area contributed by atoms with Gasteiger partial charge < -0.3 is 10.1 Å². The predicted octanol–water partition coefficient (Wildman–Crippen LogP) is 4.85. The highest BCUT2D eigenvalue weighted by Crippen LogP contribution is 2.39. The number of nitrogens with one attached hydrogen (secondary N) is 1. The van der Waals surface area contributed by atoms with Crippen LogP contribution in [0.5, 0.6) is 5.75 Å². The van der Waals surface area contributed by atoms with Crippen LogP contribution in [0.2, 0.25) is 0 Å². The third-order valence-corrected chi connectivity index (χ3v) is 4.48. The number of halogens is 1. The van der Waals surface area contributed by atoms with Gasteiger partial charge in [-0.15, -0.1) is 0 Å². The lowest BCUT2D eigenvalue weighted by Crippen LogP contribution is -2.31. The molecule has 1 aromatic carbocycles. The van der Waals surface area contributed by atoms with Gasteiger partial charge in [-0.05, 0) is 49.1 Å². The second-order valence-corrected chi connectivity index (χ2v) is 6.90. The summed E-state index contributed by atoms with van der Waals surface area (Å²) < 4.78 is 18.4. The van der Waals surface area contributed by atoms with Gasteiger partial charge in [-0.2, -0.15) is 0 Å². The Balaban J connectivity index is 1.96. The van der Waals surface area contributed by atoms with E-state index in [2.05, 4.69) is 26.1 Å². The van der Waals surface area contributed by atoms with Crippen LogP contribution in [0, 0.1) is 17.2 Å². The highest BCUT2D eigenvalue weighted by Gasteiger charge is 2.29. The zero-order valence-corrected chi connectivity index (χ0v) is 13.0. The Kier molecular flexibility index (Phi) is 4.56. The van der Waals surface area contributed by atoms with Crippen LogP contribution < -0.4 is 10.1 Å². The van der Waals surface area contributed by atoms with Crippen LogP contribution in [-0.2, 0) is 0 Å². The molecule has 0 amide bonds. The summed E-state index contributed by atoms with van der Waals surface area (Å²) in [6.07, 6.45) is 4.85. The molecule has 2 rings (SSSR count). The number of anilines is 1. The molecule has 0 bridgehead atoms. The minimum absolute atomic E-state index is 0.260. The Morgan fingerprint density at radius 2 is 1.80 bits per heavy atom. The maximum absolute atomic E-state index is 13.2. The van der Waals surface area contributed by atoms with Crippen LogP contribution in [0.15, 0.2) is 18.2 Å². The molecule has 1 aliphatic carbocycles. The maximum atomic E-state index is 13.2. The third-order valence-electron chi connectivity index (χ3n) is 4.48. The predicted molar refractivity (Wildman–Crippen MR) is 81.8 cm³/mol. The lowest BCUT2D eigenvalue weighted by Gasteiger charge is -2.37. The Hall–Kier alpha value is -1.25. The Labute approximate surface area is 121 Å². The van der Waals surface area contributed by atoms with Gasteiger partial charge in [0.2, 0.25) is 0 Å². The van der Waals surface area contributed by atoms with Gasteiger partial charge in [-0.3, -0.25) is 0 Å². The molecule has 2 nitrogen and oxygen atoms in total. The summed E-state index contributed by atoms with van der Waals surface area (Å²) in [7, 11) is 1.58. The highest BCUT2D eigenvalue weighted by molar-refractivity contribution is 5.57. The van der Waals surface area contributed by atoms with Crippen LogP contribution in [0.3, 0.4) is 0 Å². The van der Waals surface area contributed by atoms with Crippen molar-refractivity contribution in [1.82, 2.24) is 0 Å². The van der Waals surface area contributed by atoms with Gasteiger partial charge in [0.25, 0.3) is 0 Å². The van der Waals surface area contributed by atoms with Crippen molar-refractivity contribution in [2.24, 2.45) is 11.3 Å². The summed E-state index contributed by atoms with van der Waals surface area (Å²) in [5.41, 5.74) is 1.30. The highest BCUT2D eigenvalue weighted by atomic mass is 19.1. The number of rotatable bonds is 3. The maximum Gasteiger partial charge on any atom is 0.144 e. The fourth-order valence-corrected chi connectivity index (χ4v) is 3.11. The quantitative estimate of drug-likeness (QED) is 0.854. The molecule has 1 N–H and O–H groups in total. The molecule has 0 saturated heterocycles. The fraction of sp³-hybridized carbons (Fsp3) is 0.647. The average molecular weight is 279 g/mol. The van der Waals surface area contributed by atoms with Gasteiger partial charge in [-0.25, -0.2) is 4.39 Å². The smallest absolute Gasteiger partial charge is 0.144 e. The molecule has 0 unspecified atom stereocenters. The summed E-state index contributed by atoms with van der Waals surface area (Å²) in [5, 5.41) is 3.51. The number of ether oxygens (including phenoxy) is 1. The monoisotopic (exact) mass is 279 g/mol. The summed E-state index contributed by atoms with van der Waals surface area (Å²) in [6, 6.07) is 5.15. The molecular weight excluding hydrogens is 253 g/mol. The molecule has 20 heavy (non-hydrogen) atoms. The average Bonchev–Trinajstić information content (AvgIpc) is 2.40. The largest absolute Gasteiger partial charge is 0.494 e. The molecule has 1 saturated carbocycles. The van der Waals surface area contributed by atoms with Crippen LogP contribution in [0.1, 0.15) is 46.5 Å². The summed E-state index contributed by atoms with van der Waals surface area (Å²) >= 11 is 0. The van der Waals surface area contributed by atoms with E-state index in [4.69, 9.17) is 4.74 Å². The minimum atomic E-state index is -0.260. The van der Waals surface area contributed by atoms with Crippen LogP contribution in [0.4, 0.5) is 10.1 Å². The van der Waals surface area contributed by atoms with Gasteiger partial charge in [0.1, 0.15) is 11.6 Å². The van der Waals surface area contributed by atoms with Crippen molar-refractivity contribution in [3.05, 3.63) is 24.0 Å². The number of methoxy groups -OCH3 is 1. The zero-order chi connectivity index (χ0) is 14.8. The zero-order valence-electron chi connectivity index (χ0n) is 13.0. The van der Waals surface area contributed by atoms with Crippen molar-refractivity contribution in [3.8, 4) is 5.75 Å². The second-order valence-electron chi connectivity index (χ2n) is 6.90. The van der Waals surface area contributed by atoms with E-state index in [-0.39, 0.29) is 5.82 Å². The number of hydrogen-bond donors (Lipinski definition) is 1. The standard InChI is InChI=1S/C17H26FNO/c1-17(2,3)12-5-8-14(9-6-12)19-15-10-7-13(18)11-16(15)20-4/h7,10-12,14,19H,5-6,8-9H2,1-4H3. The Morgan fingerprint density at radius 3 is 2.35 bits per heavy atom. The lowest BCUT2D eigenvalue weighted by atomic mass is 9.71. The molecule has 0 aliphatic heterocycles. The molecule has 0 atom stereocenters. The van der Waals surface area contributed by atoms with E-state index in [1.165, 1.54) is 37.8 Å². The molecular formula is C17H26FNO. The molecule has 0 spiro atoms. The van der Waals surface area contributed by atoms with Gasteiger partial charge in [-0.1, -0.05) is 20.8 Å². The van der Waals surface area contributed by atoms with E-state index < -0.39 is 0 Å². The summed E-state index contributed by atoms with van der Waals surface area (Å²) in [4.78, 5) is 0. The van der Waals surface area contributed by atoms with Crippen molar-refractivity contribution >= 4 is 5.69 Å². The van der Waals surface area contributed by atoms with Gasteiger partial charge in [0.05, 0.1) is 12.8 Å². The lowest BCUT2D eigenvalue weighted by molar-refractivity contribution is 0.173. The van der Waals surface area contributed by atoms with E-state index in [0.717, 1.165) is 11.6 Å². The molecule has 1 aromatic rings. The topological polar surface area (TPSA) is 21.3 Å². The first-order valence-corrected chi connectivity index (χ1v) is 7.50.